The molecule has 1 aromatic carbocycles. The van der Waals surface area contributed by atoms with Crippen LogP contribution in [0.2, 0.25) is 15.2 Å². The molecule has 21 heavy (non-hydrogen) atoms. The van der Waals surface area contributed by atoms with Crippen molar-refractivity contribution < 1.29 is 0 Å². The van der Waals surface area contributed by atoms with Crippen molar-refractivity contribution in [1.82, 2.24) is 14.6 Å². The summed E-state index contributed by atoms with van der Waals surface area (Å²) >= 11 is 18.4. The lowest BCUT2D eigenvalue weighted by Crippen LogP contribution is -1.97. The number of fused-ring (bicyclic) bond motifs is 1. The molecule has 0 spiro atoms. The fourth-order valence-electron chi connectivity index (χ4n) is 2.26. The number of aryl methyl sites for hydroxylation is 2. The summed E-state index contributed by atoms with van der Waals surface area (Å²) in [5.74, 6) is 0. The molecule has 0 aliphatic heterocycles. The molecule has 0 aliphatic carbocycles. The second-order valence-corrected chi connectivity index (χ2v) is 6.00. The number of benzene rings is 1. The number of hydrogen-bond acceptors (Lipinski definition) is 2. The van der Waals surface area contributed by atoms with Crippen molar-refractivity contribution in [3.8, 4) is 0 Å². The molecule has 3 nitrogen and oxygen atoms in total. The van der Waals surface area contributed by atoms with Crippen LogP contribution in [0.5, 0.6) is 0 Å². The van der Waals surface area contributed by atoms with E-state index in [-0.39, 0.29) is 0 Å². The van der Waals surface area contributed by atoms with Gasteiger partial charge in [-0.3, -0.25) is 0 Å². The van der Waals surface area contributed by atoms with Gasteiger partial charge in [-0.15, -0.1) is 0 Å². The Morgan fingerprint density at radius 3 is 2.71 bits per heavy atom. The van der Waals surface area contributed by atoms with Crippen LogP contribution in [-0.2, 0) is 6.42 Å². The summed E-state index contributed by atoms with van der Waals surface area (Å²) in [6.07, 6.45) is 0.529. The third kappa shape index (κ3) is 2.61. The van der Waals surface area contributed by atoms with Gasteiger partial charge in [0.15, 0.2) is 5.65 Å². The molecule has 3 rings (SSSR count). The van der Waals surface area contributed by atoms with E-state index in [2.05, 4.69) is 16.1 Å². The minimum atomic E-state index is 0.441. The van der Waals surface area contributed by atoms with Gasteiger partial charge in [0.2, 0.25) is 0 Å². The number of imidazole rings is 1. The van der Waals surface area contributed by atoms with Crippen LogP contribution in [0.3, 0.4) is 0 Å². The van der Waals surface area contributed by atoms with E-state index in [1.165, 1.54) is 0 Å². The minimum Gasteiger partial charge on any atom is -0.231 e. The van der Waals surface area contributed by atoms with E-state index in [0.29, 0.717) is 21.6 Å². The first-order valence-corrected chi connectivity index (χ1v) is 7.46. The topological polar surface area (TPSA) is 30.2 Å². The lowest BCUT2D eigenvalue weighted by atomic mass is 10.1. The van der Waals surface area contributed by atoms with Gasteiger partial charge in [-0.05, 0) is 37.1 Å². The van der Waals surface area contributed by atoms with Crippen LogP contribution in [0.4, 0.5) is 0 Å². The molecule has 0 saturated heterocycles. The van der Waals surface area contributed by atoms with Gasteiger partial charge < -0.3 is 0 Å². The summed E-state index contributed by atoms with van der Waals surface area (Å²) in [6, 6.07) is 8.22. The summed E-state index contributed by atoms with van der Waals surface area (Å²) in [5.41, 5.74) is 4.37. The molecule has 3 aromatic rings. The fourth-order valence-corrected chi connectivity index (χ4v) is 3.00. The fraction of sp³-hybridized carbons (Fsp3) is 0.200. The number of nitrogens with zero attached hydrogens (tertiary/aromatic N) is 3. The first kappa shape index (κ1) is 14.6. The third-order valence-corrected chi connectivity index (χ3v) is 4.27. The largest absolute Gasteiger partial charge is 0.231 e. The highest BCUT2D eigenvalue weighted by Crippen LogP contribution is 2.28. The van der Waals surface area contributed by atoms with Crippen molar-refractivity contribution in [2.75, 3.05) is 0 Å². The maximum atomic E-state index is 6.21. The van der Waals surface area contributed by atoms with E-state index in [1.54, 1.807) is 22.7 Å². The molecule has 0 saturated carbocycles. The monoisotopic (exact) mass is 338 g/mol. The quantitative estimate of drug-likeness (QED) is 0.677. The Kier molecular flexibility index (Phi) is 3.82. The molecule has 107 valence electrons. The molecule has 0 atom stereocenters. The highest BCUT2D eigenvalue weighted by molar-refractivity contribution is 6.35. The van der Waals surface area contributed by atoms with Crippen molar-refractivity contribution >= 4 is 40.4 Å². The van der Waals surface area contributed by atoms with Crippen LogP contribution in [0.25, 0.3) is 5.65 Å². The Bertz CT molecular complexity index is 820. The van der Waals surface area contributed by atoms with Crippen molar-refractivity contribution in [3.63, 3.8) is 0 Å². The molecular weight excluding hydrogens is 329 g/mol. The zero-order valence-electron chi connectivity index (χ0n) is 11.4. The second kappa shape index (κ2) is 5.48. The standard InChI is InChI=1S/C15H11Cl3N3/c1-8-6-14(18)20-21-9(2)13(19-15(8)21)7-10-11(16)4-3-5-12(10)17/h3-4,6H,7H2,1-2H3. The van der Waals surface area contributed by atoms with Crippen LogP contribution in [-0.4, -0.2) is 14.6 Å². The van der Waals surface area contributed by atoms with Crippen LogP contribution in [0.1, 0.15) is 22.5 Å². The summed E-state index contributed by atoms with van der Waals surface area (Å²) in [4.78, 5) is 4.64. The van der Waals surface area contributed by atoms with Gasteiger partial charge in [0.05, 0.1) is 16.4 Å². The van der Waals surface area contributed by atoms with Gasteiger partial charge in [-0.1, -0.05) is 40.9 Å². The van der Waals surface area contributed by atoms with E-state index in [0.717, 1.165) is 28.2 Å². The Hall–Kier alpha value is -1.29. The van der Waals surface area contributed by atoms with Crippen LogP contribution in [0, 0.1) is 19.9 Å². The Morgan fingerprint density at radius 1 is 1.24 bits per heavy atom. The number of hydrogen-bond donors (Lipinski definition) is 0. The SMILES string of the molecule is Cc1cc(Cl)nn2c(C)c(Cc3c(Cl)[c]ccc3Cl)nc12. The number of aromatic nitrogens is 3. The molecule has 0 amide bonds. The predicted octanol–water partition coefficient (Wildman–Crippen LogP) is 4.70. The Balaban J connectivity index is 2.14. The van der Waals surface area contributed by atoms with Crippen molar-refractivity contribution in [2.24, 2.45) is 0 Å². The molecule has 6 heteroatoms. The second-order valence-electron chi connectivity index (χ2n) is 4.82. The van der Waals surface area contributed by atoms with Crippen LogP contribution >= 0.6 is 34.8 Å². The maximum Gasteiger partial charge on any atom is 0.157 e. The first-order valence-electron chi connectivity index (χ1n) is 6.33. The Morgan fingerprint density at radius 2 is 2.00 bits per heavy atom. The van der Waals surface area contributed by atoms with E-state index in [1.807, 2.05) is 13.8 Å². The Labute approximate surface area is 137 Å². The van der Waals surface area contributed by atoms with Gasteiger partial charge in [0, 0.05) is 17.5 Å². The third-order valence-electron chi connectivity index (χ3n) is 3.40. The van der Waals surface area contributed by atoms with Gasteiger partial charge >= 0.3 is 0 Å². The number of rotatable bonds is 2. The lowest BCUT2D eigenvalue weighted by molar-refractivity contribution is 0.886. The van der Waals surface area contributed by atoms with E-state index < -0.39 is 0 Å². The molecule has 0 bridgehead atoms. The van der Waals surface area contributed by atoms with Gasteiger partial charge in [-0.2, -0.15) is 5.10 Å². The van der Waals surface area contributed by atoms with Crippen molar-refractivity contribution in [3.05, 3.63) is 62.0 Å². The molecule has 0 fully saturated rings. The van der Waals surface area contributed by atoms with Gasteiger partial charge in [0.1, 0.15) is 5.15 Å². The molecule has 0 aliphatic rings. The van der Waals surface area contributed by atoms with Crippen LogP contribution < -0.4 is 0 Å². The zero-order valence-corrected chi connectivity index (χ0v) is 13.7. The first-order chi connectivity index (χ1) is 9.97. The average molecular weight is 340 g/mol. The molecule has 0 N–H and O–H groups in total. The van der Waals surface area contributed by atoms with Gasteiger partial charge in [-0.25, -0.2) is 9.50 Å². The van der Waals surface area contributed by atoms with Gasteiger partial charge in [0.25, 0.3) is 0 Å². The summed E-state index contributed by atoms with van der Waals surface area (Å²) in [7, 11) is 0. The molecular formula is C15H11Cl3N3. The van der Waals surface area contributed by atoms with E-state index >= 15 is 0 Å². The van der Waals surface area contributed by atoms with Crippen molar-refractivity contribution in [1.29, 1.82) is 0 Å². The van der Waals surface area contributed by atoms with E-state index in [4.69, 9.17) is 34.8 Å². The minimum absolute atomic E-state index is 0.441. The summed E-state index contributed by atoms with van der Waals surface area (Å²) < 4.78 is 1.75. The highest BCUT2D eigenvalue weighted by atomic mass is 35.5. The number of halogens is 3. The summed E-state index contributed by atoms with van der Waals surface area (Å²) in [6.45, 7) is 3.90. The molecule has 2 aromatic heterocycles. The van der Waals surface area contributed by atoms with Crippen molar-refractivity contribution in [2.45, 2.75) is 20.3 Å². The van der Waals surface area contributed by atoms with E-state index in [9.17, 15) is 0 Å². The molecule has 0 unspecified atom stereocenters. The smallest absolute Gasteiger partial charge is 0.157 e. The zero-order chi connectivity index (χ0) is 15.1. The molecule has 2 heterocycles. The highest BCUT2D eigenvalue weighted by Gasteiger charge is 2.15. The maximum absolute atomic E-state index is 6.21. The normalized spacial score (nSPS) is 11.3. The average Bonchev–Trinajstić information content (AvgIpc) is 2.72. The molecule has 1 radical (unpaired) electrons. The predicted molar refractivity (Wildman–Crippen MR) is 85.6 cm³/mol. The van der Waals surface area contributed by atoms with Crippen LogP contribution in [0.15, 0.2) is 18.2 Å². The lowest BCUT2D eigenvalue weighted by Gasteiger charge is -2.05. The summed E-state index contributed by atoms with van der Waals surface area (Å²) in [5, 5.41) is 5.85.